The maximum atomic E-state index is 2.38. The van der Waals surface area contributed by atoms with Gasteiger partial charge in [-0.1, -0.05) is 0 Å². The molecule has 17 heavy (non-hydrogen) atoms. The quantitative estimate of drug-likeness (QED) is 0.680. The van der Waals surface area contributed by atoms with Crippen molar-refractivity contribution in [3.05, 3.63) is 58.2 Å². The molecular formula is C16H19Ti. The van der Waals surface area contributed by atoms with Crippen molar-refractivity contribution in [2.75, 3.05) is 0 Å². The Balaban J connectivity index is 2.39. The van der Waals surface area contributed by atoms with Crippen LogP contribution in [0.4, 0.5) is 0 Å². The summed E-state index contributed by atoms with van der Waals surface area (Å²) in [5, 5.41) is 0. The molecule has 0 spiro atoms. The summed E-state index contributed by atoms with van der Waals surface area (Å²) in [6, 6.07) is 10.8. The van der Waals surface area contributed by atoms with Gasteiger partial charge in [0.25, 0.3) is 0 Å². The predicted octanol–water partition coefficient (Wildman–Crippen LogP) is 4.62. The first-order chi connectivity index (χ1) is 7.97. The molecule has 1 aliphatic carbocycles. The Bertz CT molecular complexity index is 468. The first-order valence-corrected chi connectivity index (χ1v) is 6.90. The van der Waals surface area contributed by atoms with E-state index in [4.69, 9.17) is 0 Å². The third kappa shape index (κ3) is 2.09. The van der Waals surface area contributed by atoms with E-state index in [2.05, 4.69) is 78.5 Å². The van der Waals surface area contributed by atoms with Crippen LogP contribution in [0.25, 0.3) is 0 Å². The molecule has 0 heterocycles. The standard InChI is InChI=1S/C16H19.Ti/c1-11-12(2)14(4)16(13(11)3)10-15-8-6-5-7-9-15;/h5-9H,10H2,1-4H3;. The minimum atomic E-state index is 0.218. The molecule has 0 aromatic heterocycles. The average molecular weight is 259 g/mol. The SMILES string of the molecule is CC1=C(C)[C]([Ti])(Cc2ccccc2)C(C)=C1C. The third-order valence-corrected chi connectivity index (χ3v) is 5.73. The van der Waals surface area contributed by atoms with E-state index in [1.54, 1.807) is 0 Å². The van der Waals surface area contributed by atoms with Crippen molar-refractivity contribution in [1.82, 2.24) is 0 Å². The summed E-state index contributed by atoms with van der Waals surface area (Å²) in [5.74, 6) is 0. The van der Waals surface area contributed by atoms with Crippen molar-refractivity contribution in [2.24, 2.45) is 0 Å². The predicted molar refractivity (Wildman–Crippen MR) is 69.6 cm³/mol. The van der Waals surface area contributed by atoms with Gasteiger partial charge in [0.05, 0.1) is 0 Å². The van der Waals surface area contributed by atoms with E-state index < -0.39 is 0 Å². The fourth-order valence-corrected chi connectivity index (χ4v) is 3.56. The topological polar surface area (TPSA) is 0 Å². The van der Waals surface area contributed by atoms with Crippen LogP contribution in [0.15, 0.2) is 52.6 Å². The molecule has 0 bridgehead atoms. The van der Waals surface area contributed by atoms with Crippen LogP contribution < -0.4 is 0 Å². The Labute approximate surface area is 116 Å². The van der Waals surface area contributed by atoms with Crippen LogP contribution in [0.5, 0.6) is 0 Å². The molecule has 0 saturated heterocycles. The van der Waals surface area contributed by atoms with Gasteiger partial charge in [-0.2, -0.15) is 0 Å². The third-order valence-electron chi connectivity index (χ3n) is 4.28. The van der Waals surface area contributed by atoms with E-state index in [0.29, 0.717) is 0 Å². The number of hydrogen-bond donors (Lipinski definition) is 0. The van der Waals surface area contributed by atoms with E-state index in [-0.39, 0.29) is 3.72 Å². The Morgan fingerprint density at radius 2 is 1.35 bits per heavy atom. The summed E-state index contributed by atoms with van der Waals surface area (Å²) in [5.41, 5.74) is 7.48. The molecular weight excluding hydrogens is 240 g/mol. The molecule has 1 aliphatic rings. The molecule has 0 N–H and O–H groups in total. The molecule has 0 fully saturated rings. The molecule has 0 atom stereocenters. The van der Waals surface area contributed by atoms with E-state index in [9.17, 15) is 0 Å². The van der Waals surface area contributed by atoms with Crippen LogP contribution in [0, 0.1) is 0 Å². The van der Waals surface area contributed by atoms with Gasteiger partial charge in [0.1, 0.15) is 0 Å². The Hall–Kier alpha value is -0.586. The van der Waals surface area contributed by atoms with Crippen molar-refractivity contribution < 1.29 is 20.4 Å². The van der Waals surface area contributed by atoms with Gasteiger partial charge < -0.3 is 0 Å². The molecule has 87 valence electrons. The first-order valence-electron chi connectivity index (χ1n) is 6.12. The van der Waals surface area contributed by atoms with Gasteiger partial charge in [0, 0.05) is 0 Å². The maximum absolute atomic E-state index is 2.38. The van der Waals surface area contributed by atoms with E-state index in [1.165, 1.54) is 27.9 Å². The second kappa shape index (κ2) is 4.59. The average Bonchev–Trinajstić information content (AvgIpc) is 2.47. The van der Waals surface area contributed by atoms with Gasteiger partial charge in [0.15, 0.2) is 0 Å². The second-order valence-corrected chi connectivity index (χ2v) is 6.40. The summed E-state index contributed by atoms with van der Waals surface area (Å²) >= 11 is 2.38. The Morgan fingerprint density at radius 3 is 1.82 bits per heavy atom. The van der Waals surface area contributed by atoms with Gasteiger partial charge >= 0.3 is 116 Å². The van der Waals surface area contributed by atoms with Crippen LogP contribution in [0.1, 0.15) is 33.3 Å². The second-order valence-electron chi connectivity index (χ2n) is 5.07. The number of benzene rings is 1. The van der Waals surface area contributed by atoms with Gasteiger partial charge in [-0.25, -0.2) is 0 Å². The zero-order valence-electron chi connectivity index (χ0n) is 11.1. The van der Waals surface area contributed by atoms with Crippen LogP contribution in [0.3, 0.4) is 0 Å². The zero-order chi connectivity index (χ0) is 12.6. The zero-order valence-corrected chi connectivity index (χ0v) is 12.7. The number of hydrogen-bond acceptors (Lipinski definition) is 0. The Kier molecular flexibility index (Phi) is 3.47. The minimum absolute atomic E-state index is 0.218. The fourth-order valence-electron chi connectivity index (χ4n) is 2.65. The molecule has 2 rings (SSSR count). The molecule has 0 aliphatic heterocycles. The molecule has 0 radical (unpaired) electrons. The van der Waals surface area contributed by atoms with Gasteiger partial charge in [-0.3, -0.25) is 0 Å². The first kappa shape index (κ1) is 12.9. The summed E-state index contributed by atoms with van der Waals surface area (Å²) in [7, 11) is 0. The van der Waals surface area contributed by atoms with Crippen molar-refractivity contribution in [1.29, 1.82) is 0 Å². The van der Waals surface area contributed by atoms with Crippen LogP contribution in [-0.2, 0) is 26.9 Å². The monoisotopic (exact) mass is 259 g/mol. The number of rotatable bonds is 2. The molecule has 0 nitrogen and oxygen atoms in total. The van der Waals surface area contributed by atoms with Crippen molar-refractivity contribution in [3.63, 3.8) is 0 Å². The van der Waals surface area contributed by atoms with Gasteiger partial charge in [0.2, 0.25) is 0 Å². The molecule has 0 saturated carbocycles. The summed E-state index contributed by atoms with van der Waals surface area (Å²) in [4.78, 5) is 0. The van der Waals surface area contributed by atoms with Crippen LogP contribution >= 0.6 is 0 Å². The Morgan fingerprint density at radius 1 is 0.882 bits per heavy atom. The van der Waals surface area contributed by atoms with Gasteiger partial charge in [-0.15, -0.1) is 0 Å². The van der Waals surface area contributed by atoms with Crippen molar-refractivity contribution in [3.8, 4) is 0 Å². The van der Waals surface area contributed by atoms with E-state index in [0.717, 1.165) is 6.42 Å². The molecule has 1 aromatic carbocycles. The summed E-state index contributed by atoms with van der Waals surface area (Å²) in [6.45, 7) is 9.09. The van der Waals surface area contributed by atoms with Crippen molar-refractivity contribution in [2.45, 2.75) is 37.8 Å². The number of allylic oxidation sites excluding steroid dienone is 4. The summed E-state index contributed by atoms with van der Waals surface area (Å²) < 4.78 is 0.218. The fraction of sp³-hybridized carbons (Fsp3) is 0.375. The van der Waals surface area contributed by atoms with Crippen LogP contribution in [0.2, 0.25) is 3.72 Å². The van der Waals surface area contributed by atoms with E-state index in [1.807, 2.05) is 0 Å². The molecule has 0 unspecified atom stereocenters. The van der Waals surface area contributed by atoms with Crippen LogP contribution in [-0.4, -0.2) is 0 Å². The molecule has 0 amide bonds. The molecule has 1 heteroatoms. The van der Waals surface area contributed by atoms with Crippen molar-refractivity contribution >= 4 is 0 Å². The van der Waals surface area contributed by atoms with Gasteiger partial charge in [-0.05, 0) is 0 Å². The summed E-state index contributed by atoms with van der Waals surface area (Å²) in [6.07, 6.45) is 1.11. The van der Waals surface area contributed by atoms with E-state index >= 15 is 0 Å². The molecule has 1 aromatic rings. The normalized spacial score (nSPS) is 19.0.